The van der Waals surface area contributed by atoms with Gasteiger partial charge in [-0.3, -0.25) is 19.7 Å². The highest BCUT2D eigenvalue weighted by atomic mass is 16.6. The van der Waals surface area contributed by atoms with E-state index in [0.29, 0.717) is 33.4 Å². The number of nitrogens with zero attached hydrogens (tertiary/aromatic N) is 1. The van der Waals surface area contributed by atoms with Crippen LogP contribution in [0.1, 0.15) is 43.0 Å². The number of nitro groups is 1. The Labute approximate surface area is 154 Å². The summed E-state index contributed by atoms with van der Waals surface area (Å²) in [7, 11) is 0. The second-order valence-electron chi connectivity index (χ2n) is 6.16. The minimum Gasteiger partial charge on any atom is -0.289 e. The van der Waals surface area contributed by atoms with Crippen molar-refractivity contribution in [2.24, 2.45) is 0 Å². The van der Waals surface area contributed by atoms with Gasteiger partial charge in [-0.15, -0.1) is 0 Å². The molecule has 3 aromatic rings. The zero-order chi connectivity index (χ0) is 19.0. The lowest BCUT2D eigenvalue weighted by Gasteiger charge is -2.17. The Morgan fingerprint density at radius 1 is 0.704 bits per heavy atom. The number of carbonyl (C=O) groups excluding carboxylic acids is 2. The first kappa shape index (κ1) is 16.6. The molecule has 5 heteroatoms. The van der Waals surface area contributed by atoms with Gasteiger partial charge >= 0.3 is 0 Å². The van der Waals surface area contributed by atoms with Gasteiger partial charge in [-0.05, 0) is 29.8 Å². The summed E-state index contributed by atoms with van der Waals surface area (Å²) < 4.78 is 0. The summed E-state index contributed by atoms with van der Waals surface area (Å²) in [5, 5.41) is 11.1. The van der Waals surface area contributed by atoms with Gasteiger partial charge < -0.3 is 0 Å². The van der Waals surface area contributed by atoms with Crippen molar-refractivity contribution in [2.75, 3.05) is 0 Å². The van der Waals surface area contributed by atoms with Crippen molar-refractivity contribution in [3.63, 3.8) is 0 Å². The zero-order valence-corrected chi connectivity index (χ0v) is 14.1. The number of hydrogen-bond acceptors (Lipinski definition) is 4. The largest absolute Gasteiger partial charge is 0.289 e. The smallest absolute Gasteiger partial charge is 0.276 e. The molecule has 130 valence electrons. The summed E-state index contributed by atoms with van der Waals surface area (Å²) >= 11 is 0. The lowest BCUT2D eigenvalue weighted by atomic mass is 9.83. The summed E-state index contributed by atoms with van der Waals surface area (Å²) in [5.41, 5.74) is 2.70. The third kappa shape index (κ3) is 2.85. The lowest BCUT2D eigenvalue weighted by molar-refractivity contribution is -0.385. The van der Waals surface area contributed by atoms with Crippen LogP contribution in [0.5, 0.6) is 0 Å². The summed E-state index contributed by atoms with van der Waals surface area (Å²) in [4.78, 5) is 36.0. The van der Waals surface area contributed by atoms with Gasteiger partial charge in [-0.1, -0.05) is 48.5 Å². The minimum atomic E-state index is -0.439. The average Bonchev–Trinajstić information content (AvgIpc) is 2.70. The number of fused-ring (bicyclic) bond motifs is 2. The Morgan fingerprint density at radius 2 is 1.30 bits per heavy atom. The molecule has 0 bridgehead atoms. The first-order chi connectivity index (χ1) is 13.1. The van der Waals surface area contributed by atoms with Crippen LogP contribution < -0.4 is 0 Å². The van der Waals surface area contributed by atoms with Gasteiger partial charge in [-0.25, -0.2) is 0 Å². The fourth-order valence-electron chi connectivity index (χ4n) is 3.20. The highest BCUT2D eigenvalue weighted by Gasteiger charge is 2.29. The van der Waals surface area contributed by atoms with E-state index in [9.17, 15) is 19.7 Å². The topological polar surface area (TPSA) is 77.3 Å². The number of benzene rings is 3. The van der Waals surface area contributed by atoms with E-state index in [2.05, 4.69) is 0 Å². The van der Waals surface area contributed by atoms with E-state index in [-0.39, 0.29) is 17.3 Å². The Morgan fingerprint density at radius 3 is 2.00 bits per heavy atom. The Kier molecular flexibility index (Phi) is 3.97. The SMILES string of the molecule is O=C1c2ccccc2C(=O)c2cc(/C=C/c3ccccc3[N+](=O)[O-])ccc21. The fraction of sp³-hybridized carbons (Fsp3) is 0. The van der Waals surface area contributed by atoms with Crippen LogP contribution >= 0.6 is 0 Å². The molecule has 0 saturated heterocycles. The number of hydrogen-bond donors (Lipinski definition) is 0. The predicted molar refractivity (Wildman–Crippen MR) is 102 cm³/mol. The zero-order valence-electron chi connectivity index (χ0n) is 14.1. The van der Waals surface area contributed by atoms with Crippen molar-refractivity contribution < 1.29 is 14.5 Å². The number of carbonyl (C=O) groups is 2. The fourth-order valence-corrected chi connectivity index (χ4v) is 3.20. The molecule has 1 aliphatic rings. The van der Waals surface area contributed by atoms with Crippen LogP contribution in [-0.2, 0) is 0 Å². The van der Waals surface area contributed by atoms with Crippen LogP contribution in [0, 0.1) is 10.1 Å². The molecule has 0 N–H and O–H groups in total. The van der Waals surface area contributed by atoms with Crippen LogP contribution in [0.3, 0.4) is 0 Å². The van der Waals surface area contributed by atoms with Gasteiger partial charge in [-0.2, -0.15) is 0 Å². The average molecular weight is 355 g/mol. The summed E-state index contributed by atoms with van der Waals surface area (Å²) in [6.45, 7) is 0. The van der Waals surface area contributed by atoms with Crippen molar-refractivity contribution in [1.82, 2.24) is 0 Å². The van der Waals surface area contributed by atoms with Gasteiger partial charge in [0.25, 0.3) is 5.69 Å². The Hall–Kier alpha value is -3.86. The number of para-hydroxylation sites is 1. The monoisotopic (exact) mass is 355 g/mol. The van der Waals surface area contributed by atoms with Crippen molar-refractivity contribution in [3.05, 3.63) is 110 Å². The second kappa shape index (κ2) is 6.46. The van der Waals surface area contributed by atoms with E-state index in [4.69, 9.17) is 0 Å². The molecule has 27 heavy (non-hydrogen) atoms. The number of rotatable bonds is 3. The van der Waals surface area contributed by atoms with Gasteiger partial charge in [0, 0.05) is 28.3 Å². The van der Waals surface area contributed by atoms with Crippen LogP contribution in [0.4, 0.5) is 5.69 Å². The normalized spacial score (nSPS) is 12.7. The van der Waals surface area contributed by atoms with Crippen LogP contribution in [-0.4, -0.2) is 16.5 Å². The van der Waals surface area contributed by atoms with E-state index in [1.165, 1.54) is 6.07 Å². The lowest BCUT2D eigenvalue weighted by Crippen LogP contribution is -2.20. The van der Waals surface area contributed by atoms with Gasteiger partial charge in [0.15, 0.2) is 11.6 Å². The molecule has 0 aromatic heterocycles. The standard InChI is InChI=1S/C22H13NO4/c24-21-16-6-2-3-7-17(16)22(25)19-13-14(10-12-18(19)21)9-11-15-5-1-4-8-20(15)23(26)27/h1-13H/b11-9+. The quantitative estimate of drug-likeness (QED) is 0.307. The van der Waals surface area contributed by atoms with Crippen molar-refractivity contribution in [1.29, 1.82) is 0 Å². The molecule has 3 aromatic carbocycles. The molecule has 0 fully saturated rings. The molecule has 1 aliphatic carbocycles. The molecule has 0 spiro atoms. The van der Waals surface area contributed by atoms with E-state index in [0.717, 1.165) is 0 Å². The predicted octanol–water partition coefficient (Wildman–Crippen LogP) is 4.54. The minimum absolute atomic E-state index is 0.00638. The Bertz CT molecular complexity index is 1140. The van der Waals surface area contributed by atoms with Crippen LogP contribution in [0.15, 0.2) is 66.7 Å². The number of ketones is 2. The van der Waals surface area contributed by atoms with Gasteiger partial charge in [0.2, 0.25) is 0 Å². The molecular formula is C22H13NO4. The molecule has 0 aliphatic heterocycles. The summed E-state index contributed by atoms with van der Waals surface area (Å²) in [5.74, 6) is -0.365. The summed E-state index contributed by atoms with van der Waals surface area (Å²) in [6.07, 6.45) is 3.32. The molecule has 0 unspecified atom stereocenters. The maximum atomic E-state index is 12.8. The Balaban J connectivity index is 1.73. The van der Waals surface area contributed by atoms with E-state index in [1.54, 1.807) is 72.8 Å². The molecule has 0 saturated carbocycles. The maximum Gasteiger partial charge on any atom is 0.276 e. The third-order valence-electron chi connectivity index (χ3n) is 4.54. The molecule has 5 nitrogen and oxygen atoms in total. The van der Waals surface area contributed by atoms with Crippen molar-refractivity contribution >= 4 is 29.4 Å². The van der Waals surface area contributed by atoms with Gasteiger partial charge in [0.05, 0.1) is 10.5 Å². The molecular weight excluding hydrogens is 342 g/mol. The van der Waals surface area contributed by atoms with E-state index < -0.39 is 4.92 Å². The summed E-state index contributed by atoms with van der Waals surface area (Å²) in [6, 6.07) is 18.2. The van der Waals surface area contributed by atoms with E-state index in [1.807, 2.05) is 0 Å². The first-order valence-corrected chi connectivity index (χ1v) is 8.30. The van der Waals surface area contributed by atoms with E-state index >= 15 is 0 Å². The van der Waals surface area contributed by atoms with Crippen molar-refractivity contribution in [3.8, 4) is 0 Å². The van der Waals surface area contributed by atoms with Gasteiger partial charge in [0.1, 0.15) is 0 Å². The first-order valence-electron chi connectivity index (χ1n) is 8.30. The number of nitro benzene ring substituents is 1. The third-order valence-corrected chi connectivity index (χ3v) is 4.54. The molecule has 0 amide bonds. The highest BCUT2D eigenvalue weighted by molar-refractivity contribution is 6.28. The van der Waals surface area contributed by atoms with Crippen molar-refractivity contribution in [2.45, 2.75) is 0 Å². The molecule has 0 atom stereocenters. The molecule has 0 heterocycles. The van der Waals surface area contributed by atoms with Crippen LogP contribution in [0.2, 0.25) is 0 Å². The highest BCUT2D eigenvalue weighted by Crippen LogP contribution is 2.28. The van der Waals surface area contributed by atoms with Crippen LogP contribution in [0.25, 0.3) is 12.2 Å². The second-order valence-corrected chi connectivity index (χ2v) is 6.16. The molecule has 4 rings (SSSR count). The maximum absolute atomic E-state index is 12.8. The molecule has 0 radical (unpaired) electrons.